The highest BCUT2D eigenvalue weighted by Gasteiger charge is 2.25. The molecule has 0 fully saturated rings. The molecule has 0 saturated carbocycles. The van der Waals surface area contributed by atoms with Crippen LogP contribution in [0, 0.1) is 0 Å². The van der Waals surface area contributed by atoms with Gasteiger partial charge >= 0.3 is 0 Å². The Balaban J connectivity index is 1.73. The van der Waals surface area contributed by atoms with Crippen LogP contribution in [0.3, 0.4) is 0 Å². The number of carbonyl (C=O) groups is 1. The average Bonchev–Trinajstić information content (AvgIpc) is 3.32. The standard InChI is InChI=1S/C24H30BrCl2N5O3S/c1-5-32(6-2)11-9-7-8-10-28-23-22-18(29-13-30-23)14(12-36-22)24(33)31-19-16(26)20(34-3)15(25)21(35-4)17(19)27/h12-13H,5-11H2,1-4H3,(H,31,33)(H,28,29,30). The summed E-state index contributed by atoms with van der Waals surface area (Å²) in [6.45, 7) is 8.48. The van der Waals surface area contributed by atoms with Gasteiger partial charge in [0.15, 0.2) is 11.5 Å². The van der Waals surface area contributed by atoms with Gasteiger partial charge in [-0.15, -0.1) is 11.3 Å². The minimum Gasteiger partial charge on any atom is -0.494 e. The molecule has 12 heteroatoms. The Bertz CT molecular complexity index is 1180. The number of methoxy groups -OCH3 is 2. The van der Waals surface area contributed by atoms with Gasteiger partial charge in [-0.05, 0) is 48.4 Å². The quantitative estimate of drug-likeness (QED) is 0.200. The second-order valence-corrected chi connectivity index (χ2v) is 10.3. The Morgan fingerprint density at radius 1 is 1.08 bits per heavy atom. The summed E-state index contributed by atoms with van der Waals surface area (Å²) in [5.41, 5.74) is 1.14. The third-order valence-corrected chi connectivity index (χ3v) is 8.24. The van der Waals surface area contributed by atoms with Gasteiger partial charge in [0.05, 0.1) is 35.7 Å². The largest absolute Gasteiger partial charge is 0.494 e. The Labute approximate surface area is 233 Å². The maximum absolute atomic E-state index is 13.2. The van der Waals surface area contributed by atoms with Crippen molar-refractivity contribution in [2.24, 2.45) is 0 Å². The van der Waals surface area contributed by atoms with Gasteiger partial charge in [0.2, 0.25) is 0 Å². The van der Waals surface area contributed by atoms with Gasteiger partial charge < -0.3 is 25.0 Å². The summed E-state index contributed by atoms with van der Waals surface area (Å²) in [5.74, 6) is 0.914. The number of nitrogens with zero attached hydrogens (tertiary/aromatic N) is 3. The zero-order chi connectivity index (χ0) is 26.2. The van der Waals surface area contributed by atoms with Crippen LogP contribution in [0.2, 0.25) is 10.0 Å². The number of fused-ring (bicyclic) bond motifs is 1. The van der Waals surface area contributed by atoms with Crippen molar-refractivity contribution in [1.29, 1.82) is 0 Å². The minimum atomic E-state index is -0.405. The number of nitrogens with one attached hydrogen (secondary N) is 2. The van der Waals surface area contributed by atoms with Crippen LogP contribution >= 0.6 is 50.5 Å². The Hall–Kier alpha value is -1.85. The lowest BCUT2D eigenvalue weighted by Gasteiger charge is -2.17. The second-order valence-electron chi connectivity index (χ2n) is 7.90. The van der Waals surface area contributed by atoms with Crippen molar-refractivity contribution < 1.29 is 14.3 Å². The molecule has 36 heavy (non-hydrogen) atoms. The van der Waals surface area contributed by atoms with Crippen LogP contribution in [0.25, 0.3) is 10.2 Å². The number of ether oxygens (including phenoxy) is 2. The zero-order valence-corrected chi connectivity index (χ0v) is 24.6. The molecule has 8 nitrogen and oxygen atoms in total. The van der Waals surface area contributed by atoms with Crippen LogP contribution in [0.15, 0.2) is 16.2 Å². The molecular weight excluding hydrogens is 589 g/mol. The van der Waals surface area contributed by atoms with Gasteiger partial charge in [0, 0.05) is 11.9 Å². The normalized spacial score (nSPS) is 11.2. The van der Waals surface area contributed by atoms with E-state index in [4.69, 9.17) is 32.7 Å². The van der Waals surface area contributed by atoms with Crippen molar-refractivity contribution in [3.63, 3.8) is 0 Å². The molecule has 0 atom stereocenters. The van der Waals surface area contributed by atoms with Gasteiger partial charge in [-0.2, -0.15) is 0 Å². The van der Waals surface area contributed by atoms with Gasteiger partial charge in [0.25, 0.3) is 5.91 Å². The molecule has 1 aromatic carbocycles. The summed E-state index contributed by atoms with van der Waals surface area (Å²) in [4.78, 5) is 24.4. The number of hydrogen-bond acceptors (Lipinski definition) is 8. The molecule has 0 saturated heterocycles. The predicted octanol–water partition coefficient (Wildman–Crippen LogP) is 6.95. The second kappa shape index (κ2) is 13.6. The summed E-state index contributed by atoms with van der Waals surface area (Å²) < 4.78 is 12.0. The van der Waals surface area contributed by atoms with Crippen LogP contribution in [0.4, 0.5) is 11.5 Å². The van der Waals surface area contributed by atoms with Gasteiger partial charge in [-0.3, -0.25) is 4.79 Å². The molecule has 0 spiro atoms. The van der Waals surface area contributed by atoms with E-state index in [-0.39, 0.29) is 15.7 Å². The molecule has 1 amide bonds. The van der Waals surface area contributed by atoms with Crippen LogP contribution in [-0.4, -0.2) is 61.2 Å². The van der Waals surface area contributed by atoms with Gasteiger partial charge in [0.1, 0.15) is 26.7 Å². The number of thiophene rings is 1. The molecule has 0 unspecified atom stereocenters. The highest BCUT2D eigenvalue weighted by molar-refractivity contribution is 9.10. The van der Waals surface area contributed by atoms with Gasteiger partial charge in [-0.1, -0.05) is 43.5 Å². The molecule has 2 N–H and O–H groups in total. The molecule has 0 aliphatic rings. The summed E-state index contributed by atoms with van der Waals surface area (Å²) in [5, 5.41) is 8.24. The number of halogens is 3. The fourth-order valence-corrected chi connectivity index (χ4v) is 6.38. The topological polar surface area (TPSA) is 88.6 Å². The molecule has 0 radical (unpaired) electrons. The lowest BCUT2D eigenvalue weighted by molar-refractivity contribution is 0.102. The van der Waals surface area contributed by atoms with E-state index in [1.165, 1.54) is 38.3 Å². The lowest BCUT2D eigenvalue weighted by Crippen LogP contribution is -2.23. The van der Waals surface area contributed by atoms with E-state index in [1.807, 2.05) is 0 Å². The highest BCUT2D eigenvalue weighted by atomic mass is 79.9. The molecule has 3 rings (SSSR count). The first-order valence-electron chi connectivity index (χ1n) is 11.7. The number of rotatable bonds is 13. The van der Waals surface area contributed by atoms with E-state index < -0.39 is 5.91 Å². The first-order valence-corrected chi connectivity index (χ1v) is 14.1. The van der Waals surface area contributed by atoms with Crippen molar-refractivity contribution in [2.45, 2.75) is 33.1 Å². The molecule has 196 valence electrons. The number of hydrogen-bond donors (Lipinski definition) is 2. The highest BCUT2D eigenvalue weighted by Crippen LogP contribution is 2.50. The van der Waals surface area contributed by atoms with E-state index in [0.29, 0.717) is 27.1 Å². The summed E-state index contributed by atoms with van der Waals surface area (Å²) in [6, 6.07) is 0. The van der Waals surface area contributed by atoms with Crippen LogP contribution in [0.1, 0.15) is 43.5 Å². The fourth-order valence-electron chi connectivity index (χ4n) is 3.79. The fraction of sp³-hybridized carbons (Fsp3) is 0.458. The van der Waals surface area contributed by atoms with Crippen molar-refractivity contribution in [1.82, 2.24) is 14.9 Å². The third kappa shape index (κ3) is 6.34. The first-order chi connectivity index (χ1) is 17.4. The molecule has 3 aromatic rings. The molecule has 0 aliphatic carbocycles. The maximum Gasteiger partial charge on any atom is 0.258 e. The molecular formula is C24H30BrCl2N5O3S. The Morgan fingerprint density at radius 2 is 1.75 bits per heavy atom. The van der Waals surface area contributed by atoms with Crippen LogP contribution < -0.4 is 20.1 Å². The summed E-state index contributed by atoms with van der Waals surface area (Å²) >= 11 is 17.7. The third-order valence-electron chi connectivity index (χ3n) is 5.82. The van der Waals surface area contributed by atoms with Gasteiger partial charge in [-0.25, -0.2) is 9.97 Å². The Morgan fingerprint density at radius 3 is 2.36 bits per heavy atom. The predicted molar refractivity (Wildman–Crippen MR) is 153 cm³/mol. The molecule has 0 aliphatic heterocycles. The number of amides is 1. The van der Waals surface area contributed by atoms with Crippen molar-refractivity contribution in [3.05, 3.63) is 31.8 Å². The number of benzene rings is 1. The zero-order valence-electron chi connectivity index (χ0n) is 20.7. The Kier molecular flexibility index (Phi) is 10.9. The maximum atomic E-state index is 13.2. The number of anilines is 2. The molecule has 2 heterocycles. The van der Waals surface area contributed by atoms with Crippen molar-refractivity contribution >= 4 is 78.1 Å². The summed E-state index contributed by atoms with van der Waals surface area (Å²) in [6.07, 6.45) is 4.80. The monoisotopic (exact) mass is 617 g/mol. The van der Waals surface area contributed by atoms with E-state index in [0.717, 1.165) is 49.5 Å². The number of carbonyl (C=O) groups excluding carboxylic acids is 1. The molecule has 0 bridgehead atoms. The van der Waals surface area contributed by atoms with Crippen molar-refractivity contribution in [3.8, 4) is 11.5 Å². The average molecular weight is 619 g/mol. The van der Waals surface area contributed by atoms with E-state index in [1.54, 1.807) is 5.38 Å². The molecule has 2 aromatic heterocycles. The lowest BCUT2D eigenvalue weighted by atomic mass is 10.2. The smallest absolute Gasteiger partial charge is 0.258 e. The van der Waals surface area contributed by atoms with E-state index >= 15 is 0 Å². The summed E-state index contributed by atoms with van der Waals surface area (Å²) in [7, 11) is 2.93. The van der Waals surface area contributed by atoms with Crippen LogP contribution in [-0.2, 0) is 0 Å². The van der Waals surface area contributed by atoms with E-state index in [9.17, 15) is 4.79 Å². The van der Waals surface area contributed by atoms with Crippen LogP contribution in [0.5, 0.6) is 11.5 Å². The van der Waals surface area contributed by atoms with Crippen molar-refractivity contribution in [2.75, 3.05) is 51.0 Å². The van der Waals surface area contributed by atoms with E-state index in [2.05, 4.69) is 55.3 Å². The minimum absolute atomic E-state index is 0.154. The number of aromatic nitrogens is 2. The number of unbranched alkanes of at least 4 members (excludes halogenated alkanes) is 2. The first kappa shape index (κ1) is 28.7. The SMILES string of the molecule is CCN(CC)CCCCCNc1ncnc2c(C(=O)Nc3c(Cl)c(OC)c(Br)c(OC)c3Cl)csc12.